The van der Waals surface area contributed by atoms with E-state index in [0.717, 1.165) is 16.5 Å². The summed E-state index contributed by atoms with van der Waals surface area (Å²) in [6.07, 6.45) is 1.96. The molecule has 0 radical (unpaired) electrons. The smallest absolute Gasteiger partial charge is 0.263 e. The number of aliphatic hydroxyl groups excluding tert-OH is 1. The SMILES string of the molecule is CCN(C)C(=O)C(O)C#Cc1ccc(C)c(-c2ncc3ccnc(N)c3n2)c1. The van der Waals surface area contributed by atoms with Crippen molar-refractivity contribution in [1.82, 2.24) is 19.9 Å². The first-order chi connectivity index (χ1) is 13.4. The molecule has 1 unspecified atom stereocenters. The number of likely N-dealkylation sites (N-methyl/N-ethyl adjacent to an activating group) is 1. The van der Waals surface area contributed by atoms with Gasteiger partial charge < -0.3 is 15.7 Å². The fourth-order valence-corrected chi connectivity index (χ4v) is 2.63. The van der Waals surface area contributed by atoms with Crippen molar-refractivity contribution in [2.45, 2.75) is 20.0 Å². The van der Waals surface area contributed by atoms with Crippen molar-refractivity contribution in [2.24, 2.45) is 0 Å². The van der Waals surface area contributed by atoms with Gasteiger partial charge in [0, 0.05) is 42.5 Å². The van der Waals surface area contributed by atoms with Crippen LogP contribution in [0.4, 0.5) is 5.82 Å². The summed E-state index contributed by atoms with van der Waals surface area (Å²) in [5.74, 6) is 5.87. The van der Waals surface area contributed by atoms with E-state index in [4.69, 9.17) is 5.73 Å². The largest absolute Gasteiger partial charge is 0.382 e. The quantitative estimate of drug-likeness (QED) is 0.676. The minimum absolute atomic E-state index is 0.344. The van der Waals surface area contributed by atoms with Crippen LogP contribution >= 0.6 is 0 Å². The lowest BCUT2D eigenvalue weighted by Crippen LogP contribution is -2.35. The third kappa shape index (κ3) is 3.92. The lowest BCUT2D eigenvalue weighted by Gasteiger charge is -2.15. The maximum absolute atomic E-state index is 11.9. The molecule has 7 heteroatoms. The van der Waals surface area contributed by atoms with E-state index in [0.29, 0.717) is 29.3 Å². The summed E-state index contributed by atoms with van der Waals surface area (Å²) in [7, 11) is 1.62. The molecule has 2 heterocycles. The zero-order chi connectivity index (χ0) is 20.3. The van der Waals surface area contributed by atoms with Crippen LogP contribution in [0.3, 0.4) is 0 Å². The lowest BCUT2D eigenvalue weighted by molar-refractivity contribution is -0.135. The number of hydrogen-bond acceptors (Lipinski definition) is 6. The zero-order valence-electron chi connectivity index (χ0n) is 16.0. The average molecular weight is 375 g/mol. The van der Waals surface area contributed by atoms with Crippen LogP contribution in [-0.4, -0.2) is 50.6 Å². The summed E-state index contributed by atoms with van der Waals surface area (Å²) in [4.78, 5) is 26.4. The first-order valence-electron chi connectivity index (χ1n) is 8.83. The van der Waals surface area contributed by atoms with Crippen LogP contribution in [-0.2, 0) is 4.79 Å². The highest BCUT2D eigenvalue weighted by Gasteiger charge is 2.15. The van der Waals surface area contributed by atoms with Crippen molar-refractivity contribution < 1.29 is 9.90 Å². The van der Waals surface area contributed by atoms with Gasteiger partial charge >= 0.3 is 0 Å². The molecule has 1 atom stereocenters. The topological polar surface area (TPSA) is 105 Å². The molecule has 3 rings (SSSR count). The number of benzene rings is 1. The molecule has 0 saturated heterocycles. The predicted octanol–water partition coefficient (Wildman–Crippen LogP) is 1.77. The minimum atomic E-state index is -1.36. The predicted molar refractivity (Wildman–Crippen MR) is 108 cm³/mol. The molecule has 0 bridgehead atoms. The van der Waals surface area contributed by atoms with E-state index < -0.39 is 12.0 Å². The van der Waals surface area contributed by atoms with Crippen molar-refractivity contribution in [2.75, 3.05) is 19.3 Å². The first-order valence-corrected chi connectivity index (χ1v) is 8.83. The van der Waals surface area contributed by atoms with Gasteiger partial charge in [-0.05, 0) is 37.6 Å². The monoisotopic (exact) mass is 375 g/mol. The number of amides is 1. The van der Waals surface area contributed by atoms with E-state index in [1.165, 1.54) is 4.90 Å². The second kappa shape index (κ2) is 8.03. The molecular weight excluding hydrogens is 354 g/mol. The van der Waals surface area contributed by atoms with Gasteiger partial charge in [-0.25, -0.2) is 15.0 Å². The van der Waals surface area contributed by atoms with E-state index in [9.17, 15) is 9.90 Å². The van der Waals surface area contributed by atoms with E-state index >= 15 is 0 Å². The second-order valence-electron chi connectivity index (χ2n) is 6.38. The maximum Gasteiger partial charge on any atom is 0.263 e. The Kier molecular flexibility index (Phi) is 5.52. The summed E-state index contributed by atoms with van der Waals surface area (Å²) in [5.41, 5.74) is 8.93. The lowest BCUT2D eigenvalue weighted by atomic mass is 10.0. The molecule has 3 N–H and O–H groups in total. The summed E-state index contributed by atoms with van der Waals surface area (Å²) >= 11 is 0. The number of carbonyl (C=O) groups is 1. The summed E-state index contributed by atoms with van der Waals surface area (Å²) < 4.78 is 0. The summed E-state index contributed by atoms with van der Waals surface area (Å²) in [6.45, 7) is 4.28. The van der Waals surface area contributed by atoms with Crippen LogP contribution in [0, 0.1) is 18.8 Å². The molecule has 0 spiro atoms. The van der Waals surface area contributed by atoms with Gasteiger partial charge in [-0.15, -0.1) is 0 Å². The Labute approximate surface area is 163 Å². The van der Waals surface area contributed by atoms with Crippen LogP contribution in [0.2, 0.25) is 0 Å². The number of fused-ring (bicyclic) bond motifs is 1. The Morgan fingerprint density at radius 1 is 1.32 bits per heavy atom. The van der Waals surface area contributed by atoms with E-state index in [2.05, 4.69) is 26.8 Å². The molecular formula is C21H21N5O2. The highest BCUT2D eigenvalue weighted by atomic mass is 16.3. The van der Waals surface area contributed by atoms with Crippen LogP contribution < -0.4 is 5.73 Å². The Morgan fingerprint density at radius 2 is 2.11 bits per heavy atom. The Morgan fingerprint density at radius 3 is 2.86 bits per heavy atom. The fourth-order valence-electron chi connectivity index (χ4n) is 2.63. The number of nitrogen functional groups attached to an aromatic ring is 1. The summed E-state index contributed by atoms with van der Waals surface area (Å²) in [6, 6.07) is 7.35. The fraction of sp³-hybridized carbons (Fsp3) is 0.238. The average Bonchev–Trinajstić information content (AvgIpc) is 2.72. The van der Waals surface area contributed by atoms with Gasteiger partial charge in [0.15, 0.2) is 11.9 Å². The van der Waals surface area contributed by atoms with Gasteiger partial charge in [-0.3, -0.25) is 4.79 Å². The third-order valence-electron chi connectivity index (χ3n) is 4.44. The molecule has 28 heavy (non-hydrogen) atoms. The molecule has 1 aromatic carbocycles. The molecule has 3 aromatic rings. The molecule has 1 amide bonds. The minimum Gasteiger partial charge on any atom is -0.382 e. The van der Waals surface area contributed by atoms with Gasteiger partial charge in [-0.2, -0.15) is 0 Å². The number of carbonyl (C=O) groups excluding carboxylic acids is 1. The van der Waals surface area contributed by atoms with E-state index in [1.54, 1.807) is 25.5 Å². The molecule has 0 aliphatic heterocycles. The van der Waals surface area contributed by atoms with Crippen LogP contribution in [0.1, 0.15) is 18.1 Å². The normalized spacial score (nSPS) is 11.6. The molecule has 2 aromatic heterocycles. The van der Waals surface area contributed by atoms with Gasteiger partial charge in [0.2, 0.25) is 0 Å². The molecule has 0 aliphatic rings. The number of nitrogens with zero attached hydrogens (tertiary/aromatic N) is 4. The Balaban J connectivity index is 1.96. The number of nitrogens with two attached hydrogens (primary N) is 1. The number of hydrogen-bond donors (Lipinski definition) is 2. The molecule has 7 nitrogen and oxygen atoms in total. The molecule has 0 fully saturated rings. The van der Waals surface area contributed by atoms with Crippen molar-refractivity contribution in [3.8, 4) is 23.2 Å². The number of aliphatic hydroxyl groups is 1. The van der Waals surface area contributed by atoms with Gasteiger partial charge in [0.05, 0.1) is 0 Å². The van der Waals surface area contributed by atoms with Crippen molar-refractivity contribution in [3.05, 3.63) is 47.8 Å². The Hall–Kier alpha value is -3.50. The standard InChI is InChI=1S/C21H21N5O2/c1-4-26(3)21(28)17(27)8-7-14-6-5-13(2)16(11-14)20-24-12-15-9-10-23-19(22)18(15)25-20/h5-6,9-12,17,27H,4H2,1-3H3,(H2,22,23). The van der Waals surface area contributed by atoms with E-state index in [1.807, 2.05) is 32.0 Å². The van der Waals surface area contributed by atoms with Crippen LogP contribution in [0.25, 0.3) is 22.3 Å². The highest BCUT2D eigenvalue weighted by Crippen LogP contribution is 2.24. The van der Waals surface area contributed by atoms with E-state index in [-0.39, 0.29) is 0 Å². The third-order valence-corrected chi connectivity index (χ3v) is 4.44. The number of anilines is 1. The highest BCUT2D eigenvalue weighted by molar-refractivity contribution is 5.87. The Bertz CT molecular complexity index is 1100. The maximum atomic E-state index is 11.9. The van der Waals surface area contributed by atoms with Crippen molar-refractivity contribution in [3.63, 3.8) is 0 Å². The van der Waals surface area contributed by atoms with Crippen molar-refractivity contribution >= 4 is 22.6 Å². The van der Waals surface area contributed by atoms with Gasteiger partial charge in [0.25, 0.3) is 5.91 Å². The van der Waals surface area contributed by atoms with Crippen LogP contribution in [0.15, 0.2) is 36.7 Å². The van der Waals surface area contributed by atoms with Gasteiger partial charge in [0.1, 0.15) is 11.3 Å². The number of rotatable bonds is 3. The van der Waals surface area contributed by atoms with Crippen molar-refractivity contribution in [1.29, 1.82) is 0 Å². The second-order valence-corrected chi connectivity index (χ2v) is 6.38. The number of aryl methyl sites for hydroxylation is 1. The molecule has 0 aliphatic carbocycles. The molecule has 142 valence electrons. The molecule has 0 saturated carbocycles. The summed E-state index contributed by atoms with van der Waals surface area (Å²) in [5, 5.41) is 10.8. The number of aromatic nitrogens is 3. The van der Waals surface area contributed by atoms with Gasteiger partial charge in [-0.1, -0.05) is 17.9 Å². The first kappa shape index (κ1) is 19.3. The van der Waals surface area contributed by atoms with Crippen LogP contribution in [0.5, 0.6) is 0 Å². The number of pyridine rings is 1. The zero-order valence-corrected chi connectivity index (χ0v) is 16.0.